The van der Waals surface area contributed by atoms with Gasteiger partial charge < -0.3 is 10.6 Å². The smallest absolute Gasteiger partial charge is 0.251 e. The molecule has 1 aliphatic rings. The van der Waals surface area contributed by atoms with Crippen LogP contribution >= 0.6 is 22.6 Å². The molecule has 3 nitrogen and oxygen atoms in total. The van der Waals surface area contributed by atoms with Crippen molar-refractivity contribution in [2.45, 2.75) is 12.8 Å². The molecule has 1 aromatic carbocycles. The van der Waals surface area contributed by atoms with Crippen LogP contribution in [-0.4, -0.2) is 25.5 Å². The highest BCUT2D eigenvalue weighted by Crippen LogP contribution is 2.13. The quantitative estimate of drug-likeness (QED) is 0.807. The second kappa shape index (κ2) is 6.47. The number of carbonyl (C=O) groups excluding carboxylic acids is 1. The fourth-order valence-electron chi connectivity index (χ4n) is 2.09. The van der Waals surface area contributed by atoms with Gasteiger partial charge in [0.15, 0.2) is 0 Å². The fraction of sp³-hybridized carbons (Fsp3) is 0.462. The minimum Gasteiger partial charge on any atom is -0.352 e. The summed E-state index contributed by atoms with van der Waals surface area (Å²) in [6, 6.07) is 4.55. The summed E-state index contributed by atoms with van der Waals surface area (Å²) >= 11 is 1.91. The summed E-state index contributed by atoms with van der Waals surface area (Å²) in [5.41, 5.74) is 0.387. The van der Waals surface area contributed by atoms with Crippen LogP contribution in [0.25, 0.3) is 0 Å². The summed E-state index contributed by atoms with van der Waals surface area (Å²) in [7, 11) is 0. The lowest BCUT2D eigenvalue weighted by Crippen LogP contribution is -2.26. The van der Waals surface area contributed by atoms with Gasteiger partial charge in [-0.15, -0.1) is 0 Å². The molecular formula is C13H16FIN2O. The lowest BCUT2D eigenvalue weighted by molar-refractivity contribution is 0.0951. The van der Waals surface area contributed by atoms with Crippen molar-refractivity contribution in [1.29, 1.82) is 0 Å². The molecule has 0 saturated carbocycles. The maximum absolute atomic E-state index is 13.3. The number of hydrogen-bond acceptors (Lipinski definition) is 2. The van der Waals surface area contributed by atoms with Gasteiger partial charge in [0.2, 0.25) is 0 Å². The van der Waals surface area contributed by atoms with E-state index in [4.69, 9.17) is 0 Å². The first kappa shape index (κ1) is 13.7. The van der Waals surface area contributed by atoms with Crippen molar-refractivity contribution >= 4 is 28.5 Å². The van der Waals surface area contributed by atoms with Crippen molar-refractivity contribution in [1.82, 2.24) is 10.6 Å². The molecule has 0 aliphatic carbocycles. The Morgan fingerprint density at radius 1 is 1.56 bits per heavy atom. The van der Waals surface area contributed by atoms with Crippen LogP contribution in [0.5, 0.6) is 0 Å². The van der Waals surface area contributed by atoms with E-state index in [1.54, 1.807) is 12.1 Å². The number of carbonyl (C=O) groups is 1. The zero-order chi connectivity index (χ0) is 13.0. The van der Waals surface area contributed by atoms with Crippen molar-refractivity contribution in [2.75, 3.05) is 19.6 Å². The molecule has 1 aliphatic heterocycles. The van der Waals surface area contributed by atoms with Crippen LogP contribution in [0.2, 0.25) is 0 Å². The Morgan fingerprint density at radius 3 is 3.06 bits per heavy atom. The molecule has 98 valence electrons. The first-order valence-electron chi connectivity index (χ1n) is 6.11. The molecule has 0 spiro atoms. The Bertz CT molecular complexity index is 433. The molecule has 2 rings (SSSR count). The third-order valence-corrected chi connectivity index (χ3v) is 4.06. The van der Waals surface area contributed by atoms with E-state index in [0.29, 0.717) is 21.6 Å². The summed E-state index contributed by atoms with van der Waals surface area (Å²) < 4.78 is 13.8. The molecule has 2 N–H and O–H groups in total. The van der Waals surface area contributed by atoms with Gasteiger partial charge >= 0.3 is 0 Å². The monoisotopic (exact) mass is 362 g/mol. The number of nitrogens with one attached hydrogen (secondary N) is 2. The van der Waals surface area contributed by atoms with E-state index in [1.807, 2.05) is 22.6 Å². The van der Waals surface area contributed by atoms with Crippen molar-refractivity contribution < 1.29 is 9.18 Å². The molecule has 0 aromatic heterocycles. The number of amides is 1. The van der Waals surface area contributed by atoms with Crippen molar-refractivity contribution in [3.63, 3.8) is 0 Å². The highest BCUT2D eigenvalue weighted by Gasteiger charge is 2.14. The van der Waals surface area contributed by atoms with Crippen LogP contribution in [0.15, 0.2) is 18.2 Å². The van der Waals surface area contributed by atoms with E-state index in [2.05, 4.69) is 10.6 Å². The lowest BCUT2D eigenvalue weighted by Gasteiger charge is -2.09. The molecular weight excluding hydrogens is 346 g/mol. The Hall–Kier alpha value is -0.690. The fourth-order valence-corrected chi connectivity index (χ4v) is 2.43. The van der Waals surface area contributed by atoms with Crippen LogP contribution in [0, 0.1) is 15.3 Å². The zero-order valence-electron chi connectivity index (χ0n) is 10.0. The first-order chi connectivity index (χ1) is 8.66. The van der Waals surface area contributed by atoms with E-state index in [9.17, 15) is 9.18 Å². The molecule has 1 fully saturated rings. The standard InChI is InChI=1S/C13H16FIN2O/c14-11-7-10(1-2-12(11)15)13(18)17-6-4-9-3-5-16-8-9/h1-2,7,9,16H,3-6,8H2,(H,17,18). The van der Waals surface area contributed by atoms with Gasteiger partial charge in [0.1, 0.15) is 5.82 Å². The second-order valence-corrected chi connectivity index (χ2v) is 5.69. The second-order valence-electron chi connectivity index (χ2n) is 4.53. The maximum Gasteiger partial charge on any atom is 0.251 e. The summed E-state index contributed by atoms with van der Waals surface area (Å²) in [5, 5.41) is 6.13. The van der Waals surface area contributed by atoms with E-state index >= 15 is 0 Å². The van der Waals surface area contributed by atoms with Gasteiger partial charge in [-0.1, -0.05) is 0 Å². The van der Waals surface area contributed by atoms with Crippen LogP contribution in [0.1, 0.15) is 23.2 Å². The summed E-state index contributed by atoms with van der Waals surface area (Å²) in [6.07, 6.45) is 2.15. The van der Waals surface area contributed by atoms with E-state index in [0.717, 1.165) is 19.5 Å². The first-order valence-corrected chi connectivity index (χ1v) is 7.18. The Balaban J connectivity index is 1.81. The number of hydrogen-bond donors (Lipinski definition) is 2. The van der Waals surface area contributed by atoms with Crippen molar-refractivity contribution in [2.24, 2.45) is 5.92 Å². The SMILES string of the molecule is O=C(NCCC1CCNC1)c1ccc(I)c(F)c1. The van der Waals surface area contributed by atoms with Crippen LogP contribution in [0.3, 0.4) is 0 Å². The minimum absolute atomic E-state index is 0.198. The minimum atomic E-state index is -0.344. The molecule has 1 heterocycles. The largest absolute Gasteiger partial charge is 0.352 e. The van der Waals surface area contributed by atoms with Gasteiger partial charge in [0, 0.05) is 15.7 Å². The molecule has 0 bridgehead atoms. The maximum atomic E-state index is 13.3. The third-order valence-electron chi connectivity index (χ3n) is 3.18. The Labute approximate surface area is 120 Å². The molecule has 1 atom stereocenters. The highest BCUT2D eigenvalue weighted by molar-refractivity contribution is 14.1. The topological polar surface area (TPSA) is 41.1 Å². The van der Waals surface area contributed by atoms with Crippen LogP contribution < -0.4 is 10.6 Å². The predicted molar refractivity (Wildman–Crippen MR) is 77.0 cm³/mol. The zero-order valence-corrected chi connectivity index (χ0v) is 12.2. The molecule has 1 aromatic rings. The van der Waals surface area contributed by atoms with Gasteiger partial charge in [-0.05, 0) is 72.6 Å². The van der Waals surface area contributed by atoms with Gasteiger partial charge in [0.25, 0.3) is 5.91 Å². The average molecular weight is 362 g/mol. The van der Waals surface area contributed by atoms with Gasteiger partial charge in [0.05, 0.1) is 0 Å². The van der Waals surface area contributed by atoms with E-state index in [1.165, 1.54) is 12.5 Å². The van der Waals surface area contributed by atoms with Crippen molar-refractivity contribution in [3.8, 4) is 0 Å². The number of benzene rings is 1. The average Bonchev–Trinajstić information content (AvgIpc) is 2.85. The van der Waals surface area contributed by atoms with Gasteiger partial charge in [-0.25, -0.2) is 4.39 Å². The van der Waals surface area contributed by atoms with Gasteiger partial charge in [-0.3, -0.25) is 4.79 Å². The summed E-state index contributed by atoms with van der Waals surface area (Å²) in [4.78, 5) is 11.8. The molecule has 1 unspecified atom stereocenters. The molecule has 1 saturated heterocycles. The van der Waals surface area contributed by atoms with Crippen molar-refractivity contribution in [3.05, 3.63) is 33.1 Å². The molecule has 1 amide bonds. The summed E-state index contributed by atoms with van der Waals surface area (Å²) in [5.74, 6) is 0.109. The molecule has 5 heteroatoms. The normalized spacial score (nSPS) is 18.9. The Kier molecular flexibility index (Phi) is 4.94. The van der Waals surface area contributed by atoms with E-state index in [-0.39, 0.29) is 11.7 Å². The van der Waals surface area contributed by atoms with Crippen LogP contribution in [0.4, 0.5) is 4.39 Å². The number of halogens is 2. The van der Waals surface area contributed by atoms with Crippen LogP contribution in [-0.2, 0) is 0 Å². The highest BCUT2D eigenvalue weighted by atomic mass is 127. The molecule has 0 radical (unpaired) electrons. The third kappa shape index (κ3) is 3.65. The summed E-state index contributed by atoms with van der Waals surface area (Å²) in [6.45, 7) is 2.76. The Morgan fingerprint density at radius 2 is 2.39 bits per heavy atom. The number of rotatable bonds is 4. The van der Waals surface area contributed by atoms with E-state index < -0.39 is 0 Å². The lowest BCUT2D eigenvalue weighted by atomic mass is 10.1. The molecule has 18 heavy (non-hydrogen) atoms. The predicted octanol–water partition coefficient (Wildman–Crippen LogP) is 2.16. The van der Waals surface area contributed by atoms with Gasteiger partial charge in [-0.2, -0.15) is 0 Å².